The predicted octanol–water partition coefficient (Wildman–Crippen LogP) is 5.14. The first-order valence-electron chi connectivity index (χ1n) is 9.88. The van der Waals surface area contributed by atoms with E-state index in [-0.39, 0.29) is 17.4 Å². The largest absolute Gasteiger partial charge is 0.586 e. The minimum atomic E-state index is -3.70. The Morgan fingerprint density at radius 2 is 1.94 bits per heavy atom. The molecule has 2 aromatic carbocycles. The highest BCUT2D eigenvalue weighted by atomic mass is 35.5. The Kier molecular flexibility index (Phi) is 4.88. The third-order valence-corrected chi connectivity index (χ3v) is 7.21. The lowest BCUT2D eigenvalue weighted by molar-refractivity contribution is -0.286. The van der Waals surface area contributed by atoms with Gasteiger partial charge in [0.05, 0.1) is 22.0 Å². The van der Waals surface area contributed by atoms with Crippen LogP contribution in [0.15, 0.2) is 42.5 Å². The molecule has 1 aliphatic heterocycles. The summed E-state index contributed by atoms with van der Waals surface area (Å²) < 4.78 is 35.6. The number of hydrogen-bond donors (Lipinski definition) is 2. The molecule has 1 fully saturated rings. The van der Waals surface area contributed by atoms with Crippen molar-refractivity contribution in [2.75, 3.05) is 5.32 Å². The number of aryl methyl sites for hydroxylation is 1. The minimum Gasteiger partial charge on any atom is -0.395 e. The van der Waals surface area contributed by atoms with Crippen LogP contribution in [0.3, 0.4) is 0 Å². The molecule has 0 radical (unpaired) electrons. The van der Waals surface area contributed by atoms with Crippen molar-refractivity contribution in [1.82, 2.24) is 4.98 Å². The molecule has 0 unspecified atom stereocenters. The molecule has 2 aliphatic rings. The van der Waals surface area contributed by atoms with Gasteiger partial charge in [0.15, 0.2) is 16.6 Å². The van der Waals surface area contributed by atoms with Crippen LogP contribution in [0, 0.1) is 6.92 Å². The Hall–Kier alpha value is -2.75. The summed E-state index contributed by atoms with van der Waals surface area (Å²) in [6, 6.07) is 11.3. The highest BCUT2D eigenvalue weighted by Gasteiger charge is 2.53. The number of hydrogen-bond acceptors (Lipinski definition) is 6. The van der Waals surface area contributed by atoms with E-state index >= 15 is 0 Å². The number of ether oxygens (including phenoxy) is 2. The fourth-order valence-electron chi connectivity index (χ4n) is 3.85. The number of aromatic nitrogens is 1. The number of fused-ring (bicyclic) bond motifs is 1. The van der Waals surface area contributed by atoms with Crippen molar-refractivity contribution in [3.05, 3.63) is 69.2 Å². The first-order valence-corrected chi connectivity index (χ1v) is 11.1. The maximum atomic E-state index is 13.3. The van der Waals surface area contributed by atoms with Gasteiger partial charge >= 0.3 is 6.29 Å². The number of benzene rings is 2. The van der Waals surface area contributed by atoms with Crippen LogP contribution in [-0.2, 0) is 10.2 Å². The first kappa shape index (κ1) is 21.1. The van der Waals surface area contributed by atoms with E-state index in [0.717, 1.165) is 10.4 Å². The number of alkyl halides is 2. The molecule has 0 bridgehead atoms. The fourth-order valence-corrected chi connectivity index (χ4v) is 5.09. The van der Waals surface area contributed by atoms with Gasteiger partial charge in [0.1, 0.15) is 0 Å². The van der Waals surface area contributed by atoms with Gasteiger partial charge < -0.3 is 20.5 Å². The van der Waals surface area contributed by atoms with Crippen molar-refractivity contribution in [1.29, 1.82) is 0 Å². The fraction of sp³-hybridized carbons (Fsp3) is 0.273. The van der Waals surface area contributed by atoms with Gasteiger partial charge in [-0.25, -0.2) is 4.98 Å². The summed E-state index contributed by atoms with van der Waals surface area (Å²) in [6.07, 6.45) is -2.52. The van der Waals surface area contributed by atoms with Crippen LogP contribution in [0.1, 0.15) is 40.6 Å². The molecule has 3 aromatic rings. The number of nitrogens with two attached hydrogens (primary N) is 1. The standard InChI is InChI=1S/C22H18ClF2N3O3S/c1-11-18(17(26)13-4-2-3-5-14(13)23)32-20(27-11)28-19(29)21(8-9-21)12-6-7-15-16(10-12)31-22(24,25)30-15/h2-7,10,17H,8-9,26H2,1H3,(H,27,28,29)/t17-/m1/s1. The van der Waals surface area contributed by atoms with E-state index in [0.29, 0.717) is 34.3 Å². The van der Waals surface area contributed by atoms with Gasteiger partial charge in [-0.05, 0) is 49.1 Å². The molecule has 0 spiro atoms. The molecule has 6 nitrogen and oxygen atoms in total. The summed E-state index contributed by atoms with van der Waals surface area (Å²) in [5.74, 6) is -0.386. The van der Waals surface area contributed by atoms with Crippen molar-refractivity contribution in [2.24, 2.45) is 5.73 Å². The minimum absolute atomic E-state index is 0.0521. The lowest BCUT2D eigenvalue weighted by Gasteiger charge is -2.15. The number of nitrogens with zero attached hydrogens (tertiary/aromatic N) is 1. The molecular weight excluding hydrogens is 460 g/mol. The predicted molar refractivity (Wildman–Crippen MR) is 117 cm³/mol. The quantitative estimate of drug-likeness (QED) is 0.531. The van der Waals surface area contributed by atoms with Crippen LogP contribution in [0.4, 0.5) is 13.9 Å². The van der Waals surface area contributed by atoms with Gasteiger partial charge in [0.25, 0.3) is 0 Å². The molecule has 1 atom stereocenters. The Balaban J connectivity index is 1.36. The molecule has 1 amide bonds. The van der Waals surface area contributed by atoms with E-state index in [1.807, 2.05) is 25.1 Å². The van der Waals surface area contributed by atoms with Gasteiger partial charge in [-0.1, -0.05) is 47.2 Å². The lowest BCUT2D eigenvalue weighted by Crippen LogP contribution is -2.27. The first-order chi connectivity index (χ1) is 15.2. The normalized spacial score (nSPS) is 18.3. The number of rotatable bonds is 5. The summed E-state index contributed by atoms with van der Waals surface area (Å²) in [7, 11) is 0. The van der Waals surface area contributed by atoms with Crippen LogP contribution in [0.25, 0.3) is 0 Å². The van der Waals surface area contributed by atoms with Gasteiger partial charge in [0, 0.05) is 5.02 Å². The molecule has 10 heteroatoms. The second kappa shape index (κ2) is 7.40. The summed E-state index contributed by atoms with van der Waals surface area (Å²) in [5, 5.41) is 3.85. The number of carbonyl (C=O) groups excluding carboxylic acids is 1. The third kappa shape index (κ3) is 3.60. The molecule has 1 aliphatic carbocycles. The topological polar surface area (TPSA) is 86.5 Å². The maximum Gasteiger partial charge on any atom is 0.586 e. The van der Waals surface area contributed by atoms with Crippen molar-refractivity contribution < 1.29 is 23.0 Å². The summed E-state index contributed by atoms with van der Waals surface area (Å²) in [6.45, 7) is 1.82. The molecule has 1 saturated carbocycles. The molecule has 5 rings (SSSR count). The van der Waals surface area contributed by atoms with Crippen LogP contribution in [0.5, 0.6) is 11.5 Å². The van der Waals surface area contributed by atoms with Crippen LogP contribution >= 0.6 is 22.9 Å². The van der Waals surface area contributed by atoms with E-state index in [1.165, 1.54) is 23.5 Å². The second-order valence-corrected chi connectivity index (χ2v) is 9.27. The average molecular weight is 478 g/mol. The number of carbonyl (C=O) groups is 1. The van der Waals surface area contributed by atoms with Crippen LogP contribution in [-0.4, -0.2) is 17.2 Å². The average Bonchev–Trinajstić information content (AvgIpc) is 3.38. The third-order valence-electron chi connectivity index (χ3n) is 5.71. The monoisotopic (exact) mass is 477 g/mol. The van der Waals surface area contributed by atoms with E-state index in [4.69, 9.17) is 17.3 Å². The smallest absolute Gasteiger partial charge is 0.395 e. The summed E-state index contributed by atoms with van der Waals surface area (Å²) in [5.41, 5.74) is 7.66. The number of nitrogens with one attached hydrogen (secondary N) is 1. The number of halogens is 3. The maximum absolute atomic E-state index is 13.3. The van der Waals surface area contributed by atoms with E-state index < -0.39 is 17.8 Å². The Bertz CT molecular complexity index is 1230. The Morgan fingerprint density at radius 1 is 1.22 bits per heavy atom. The molecule has 2 heterocycles. The molecule has 166 valence electrons. The zero-order chi connectivity index (χ0) is 22.7. The number of amides is 1. The van der Waals surface area contributed by atoms with Crippen LogP contribution < -0.4 is 20.5 Å². The SMILES string of the molecule is Cc1nc(NC(=O)C2(c3ccc4c(c3)OC(F)(F)O4)CC2)sc1[C@H](N)c1ccccc1Cl. The Labute approximate surface area is 191 Å². The lowest BCUT2D eigenvalue weighted by atomic mass is 9.94. The van der Waals surface area contributed by atoms with Gasteiger partial charge in [0.2, 0.25) is 5.91 Å². The summed E-state index contributed by atoms with van der Waals surface area (Å²) >= 11 is 7.56. The zero-order valence-electron chi connectivity index (χ0n) is 16.8. The van der Waals surface area contributed by atoms with Gasteiger partial charge in [-0.3, -0.25) is 4.79 Å². The second-order valence-electron chi connectivity index (χ2n) is 7.83. The molecule has 32 heavy (non-hydrogen) atoms. The van der Waals surface area contributed by atoms with Crippen LogP contribution in [0.2, 0.25) is 5.02 Å². The molecular formula is C22H18ClF2N3O3S. The van der Waals surface area contributed by atoms with Crippen molar-refractivity contribution >= 4 is 34.0 Å². The van der Waals surface area contributed by atoms with Crippen molar-refractivity contribution in [3.63, 3.8) is 0 Å². The van der Waals surface area contributed by atoms with Gasteiger partial charge in [-0.15, -0.1) is 8.78 Å². The highest BCUT2D eigenvalue weighted by Crippen LogP contribution is 2.52. The van der Waals surface area contributed by atoms with Crippen molar-refractivity contribution in [3.8, 4) is 11.5 Å². The van der Waals surface area contributed by atoms with E-state index in [2.05, 4.69) is 19.8 Å². The molecule has 3 N–H and O–H groups in total. The Morgan fingerprint density at radius 3 is 2.66 bits per heavy atom. The van der Waals surface area contributed by atoms with Gasteiger partial charge in [-0.2, -0.15) is 0 Å². The summed E-state index contributed by atoms with van der Waals surface area (Å²) in [4.78, 5) is 18.4. The highest BCUT2D eigenvalue weighted by molar-refractivity contribution is 7.16. The zero-order valence-corrected chi connectivity index (χ0v) is 18.4. The molecule has 1 aromatic heterocycles. The van der Waals surface area contributed by atoms with E-state index in [9.17, 15) is 13.6 Å². The molecule has 0 saturated heterocycles. The van der Waals surface area contributed by atoms with Crippen molar-refractivity contribution in [2.45, 2.75) is 37.5 Å². The number of anilines is 1. The van der Waals surface area contributed by atoms with E-state index in [1.54, 1.807) is 12.1 Å². The number of thiazole rings is 1.